The molecule has 2 aromatic rings. The molecule has 0 bridgehead atoms. The second-order valence-electron chi connectivity index (χ2n) is 10.7. The Labute approximate surface area is 223 Å². The Morgan fingerprint density at radius 2 is 1.81 bits per heavy atom. The van der Waals surface area contributed by atoms with E-state index in [1.807, 2.05) is 37.8 Å². The summed E-state index contributed by atoms with van der Waals surface area (Å²) in [4.78, 5) is 39.6. The highest BCUT2D eigenvalue weighted by molar-refractivity contribution is 6.31. The summed E-state index contributed by atoms with van der Waals surface area (Å²) in [5.74, 6) is -1.18. The van der Waals surface area contributed by atoms with Crippen molar-refractivity contribution in [3.05, 3.63) is 69.0 Å². The second-order valence-corrected chi connectivity index (χ2v) is 11.1. The molecule has 0 unspecified atom stereocenters. The topological polar surface area (TPSA) is 66.5 Å². The first-order valence-corrected chi connectivity index (χ1v) is 13.6. The van der Waals surface area contributed by atoms with Crippen molar-refractivity contribution < 1.29 is 18.8 Å². The van der Waals surface area contributed by atoms with Crippen molar-refractivity contribution in [3.63, 3.8) is 0 Å². The molecule has 2 aromatic carbocycles. The summed E-state index contributed by atoms with van der Waals surface area (Å²) in [6, 6.07) is 9.03. The highest BCUT2D eigenvalue weighted by Gasteiger charge is 2.42. The maximum Gasteiger partial charge on any atom is 0.226 e. The van der Waals surface area contributed by atoms with Crippen LogP contribution in [-0.2, 0) is 14.4 Å². The largest absolute Gasteiger partial charge is 0.350 e. The van der Waals surface area contributed by atoms with E-state index in [2.05, 4.69) is 11.4 Å². The lowest BCUT2D eigenvalue weighted by molar-refractivity contribution is -0.137. The molecular weight excluding hydrogens is 491 g/mol. The molecule has 1 heterocycles. The summed E-state index contributed by atoms with van der Waals surface area (Å²) < 4.78 is 14.7. The third-order valence-electron chi connectivity index (χ3n) is 8.03. The van der Waals surface area contributed by atoms with Gasteiger partial charge in [0.2, 0.25) is 11.8 Å². The molecule has 1 aliphatic carbocycles. The van der Waals surface area contributed by atoms with Gasteiger partial charge in [0.25, 0.3) is 0 Å². The summed E-state index contributed by atoms with van der Waals surface area (Å²) in [5, 5.41) is 3.76. The second kappa shape index (κ2) is 11.3. The van der Waals surface area contributed by atoms with Crippen LogP contribution in [0.5, 0.6) is 0 Å². The van der Waals surface area contributed by atoms with Crippen LogP contribution in [0.4, 0.5) is 4.39 Å². The minimum atomic E-state index is -0.519. The molecule has 1 N–H and O–H groups in total. The van der Waals surface area contributed by atoms with Crippen LogP contribution in [-0.4, -0.2) is 35.6 Å². The maximum absolute atomic E-state index is 14.7. The van der Waals surface area contributed by atoms with Crippen LogP contribution in [0.25, 0.3) is 0 Å². The highest BCUT2D eigenvalue weighted by atomic mass is 35.5. The van der Waals surface area contributed by atoms with Gasteiger partial charge < -0.3 is 10.2 Å². The van der Waals surface area contributed by atoms with Crippen LogP contribution in [0.15, 0.2) is 30.3 Å². The Morgan fingerprint density at radius 3 is 2.43 bits per heavy atom. The maximum atomic E-state index is 14.7. The monoisotopic (exact) mass is 526 g/mol. The predicted molar refractivity (Wildman–Crippen MR) is 143 cm³/mol. The van der Waals surface area contributed by atoms with Crippen LogP contribution in [0.1, 0.15) is 91.6 Å². The number of Topliss-reactive ketones (excluding diaryl/α,β-unsaturated/α-hetero) is 1. The Bertz CT molecular complexity index is 1210. The standard InChI is InChI=1S/C30H36ClFN2O3/c1-5-29(33-19(4)35)25-13-18(3)27(31)16-23(25)20-8-10-34(11-9-20)30(37)26-15-21(36)14-24(26)22-7-6-17(2)12-28(22)32/h6-7,12-13,16,20,24,26,29H,5,8-11,14-15H2,1-4H3,(H,33,35)/t24-,26+,29-/m0/s1. The molecule has 0 radical (unpaired) electrons. The molecule has 5 nitrogen and oxygen atoms in total. The molecule has 1 saturated heterocycles. The number of benzene rings is 2. The fraction of sp³-hybridized carbons (Fsp3) is 0.500. The van der Waals surface area contributed by atoms with Gasteiger partial charge >= 0.3 is 0 Å². The number of aryl methyl sites for hydroxylation is 2. The predicted octanol–water partition coefficient (Wildman–Crippen LogP) is 6.15. The van der Waals surface area contributed by atoms with Crippen molar-refractivity contribution in [1.82, 2.24) is 10.2 Å². The first-order valence-electron chi connectivity index (χ1n) is 13.2. The Kier molecular flexibility index (Phi) is 8.37. The molecule has 2 aliphatic rings. The molecule has 4 rings (SSSR count). The molecule has 1 saturated carbocycles. The molecule has 37 heavy (non-hydrogen) atoms. The van der Waals surface area contributed by atoms with Crippen molar-refractivity contribution in [2.75, 3.05) is 13.1 Å². The zero-order valence-electron chi connectivity index (χ0n) is 22.1. The lowest BCUT2D eigenvalue weighted by atomic mass is 9.82. The van der Waals surface area contributed by atoms with E-state index in [9.17, 15) is 18.8 Å². The van der Waals surface area contributed by atoms with Crippen LogP contribution in [0.2, 0.25) is 5.02 Å². The van der Waals surface area contributed by atoms with Crippen LogP contribution in [0.3, 0.4) is 0 Å². The zero-order valence-corrected chi connectivity index (χ0v) is 22.8. The fourth-order valence-corrected chi connectivity index (χ4v) is 6.21. The molecule has 7 heteroatoms. The van der Waals surface area contributed by atoms with Gasteiger partial charge in [-0.15, -0.1) is 0 Å². The molecule has 2 amide bonds. The number of nitrogens with zero attached hydrogens (tertiary/aromatic N) is 1. The Hall–Kier alpha value is -2.73. The first-order chi connectivity index (χ1) is 17.6. The number of carbonyl (C=O) groups excluding carboxylic acids is 3. The summed E-state index contributed by atoms with van der Waals surface area (Å²) in [6.45, 7) is 8.50. The molecule has 3 atom stereocenters. The smallest absolute Gasteiger partial charge is 0.226 e. The molecule has 0 aromatic heterocycles. The number of hydrogen-bond acceptors (Lipinski definition) is 3. The molecule has 1 aliphatic heterocycles. The third kappa shape index (κ3) is 5.90. The number of rotatable bonds is 6. The van der Waals surface area contributed by atoms with Gasteiger partial charge in [0.1, 0.15) is 11.6 Å². The summed E-state index contributed by atoms with van der Waals surface area (Å²) in [7, 11) is 0. The van der Waals surface area contributed by atoms with E-state index in [-0.39, 0.29) is 48.2 Å². The number of ketones is 1. The summed E-state index contributed by atoms with van der Waals surface area (Å²) in [5.41, 5.74) is 4.46. The van der Waals surface area contributed by atoms with Gasteiger partial charge in [0.05, 0.1) is 12.0 Å². The average molecular weight is 527 g/mol. The van der Waals surface area contributed by atoms with E-state index in [1.54, 1.807) is 6.07 Å². The number of likely N-dealkylation sites (tertiary alicyclic amines) is 1. The number of amides is 2. The van der Waals surface area contributed by atoms with Gasteiger partial charge in [0.15, 0.2) is 0 Å². The number of carbonyl (C=O) groups is 3. The molecule has 198 valence electrons. The van der Waals surface area contributed by atoms with Crippen LogP contribution in [0, 0.1) is 25.6 Å². The lowest BCUT2D eigenvalue weighted by Crippen LogP contribution is -2.42. The van der Waals surface area contributed by atoms with Gasteiger partial charge in [-0.05, 0) is 79.0 Å². The van der Waals surface area contributed by atoms with Gasteiger partial charge in [-0.25, -0.2) is 4.39 Å². The minimum absolute atomic E-state index is 0.0146. The zero-order chi connectivity index (χ0) is 26.9. The number of nitrogens with one attached hydrogen (secondary N) is 1. The molecular formula is C30H36ClFN2O3. The van der Waals surface area contributed by atoms with E-state index in [1.165, 1.54) is 13.0 Å². The van der Waals surface area contributed by atoms with E-state index >= 15 is 0 Å². The Morgan fingerprint density at radius 1 is 1.11 bits per heavy atom. The third-order valence-corrected chi connectivity index (χ3v) is 8.43. The van der Waals surface area contributed by atoms with E-state index in [0.717, 1.165) is 41.5 Å². The van der Waals surface area contributed by atoms with Gasteiger partial charge in [-0.1, -0.05) is 36.7 Å². The van der Waals surface area contributed by atoms with E-state index in [4.69, 9.17) is 11.6 Å². The molecule has 0 spiro atoms. The van der Waals surface area contributed by atoms with Crippen LogP contribution < -0.4 is 5.32 Å². The quantitative estimate of drug-likeness (QED) is 0.490. The SMILES string of the molecule is CC[C@H](NC(C)=O)c1cc(C)c(Cl)cc1C1CCN(C(=O)[C@@H]2CC(=O)C[C@H]2c2ccc(C)cc2F)CC1. The summed E-state index contributed by atoms with van der Waals surface area (Å²) in [6.07, 6.45) is 2.67. The number of piperidine rings is 1. The summed E-state index contributed by atoms with van der Waals surface area (Å²) >= 11 is 6.52. The van der Waals surface area contributed by atoms with Gasteiger partial charge in [0, 0.05) is 43.8 Å². The first kappa shape index (κ1) is 27.3. The van der Waals surface area contributed by atoms with Gasteiger partial charge in [-0.3, -0.25) is 14.4 Å². The van der Waals surface area contributed by atoms with E-state index < -0.39 is 11.8 Å². The Balaban J connectivity index is 1.51. The number of halogens is 2. The molecule has 2 fully saturated rings. The van der Waals surface area contributed by atoms with Crippen molar-refractivity contribution in [2.24, 2.45) is 5.92 Å². The van der Waals surface area contributed by atoms with Crippen molar-refractivity contribution >= 4 is 29.2 Å². The van der Waals surface area contributed by atoms with E-state index in [0.29, 0.717) is 23.7 Å². The minimum Gasteiger partial charge on any atom is -0.350 e. The fourth-order valence-electron chi connectivity index (χ4n) is 6.04. The average Bonchev–Trinajstić information content (AvgIpc) is 3.24. The van der Waals surface area contributed by atoms with Gasteiger partial charge in [-0.2, -0.15) is 0 Å². The van der Waals surface area contributed by atoms with Crippen molar-refractivity contribution in [2.45, 2.75) is 77.7 Å². The van der Waals surface area contributed by atoms with Crippen molar-refractivity contribution in [1.29, 1.82) is 0 Å². The van der Waals surface area contributed by atoms with Crippen LogP contribution >= 0.6 is 11.6 Å². The lowest BCUT2D eigenvalue weighted by Gasteiger charge is -2.36. The normalized spacial score (nSPS) is 21.2. The van der Waals surface area contributed by atoms with Crippen molar-refractivity contribution in [3.8, 4) is 0 Å². The number of hydrogen-bond donors (Lipinski definition) is 1. The highest BCUT2D eigenvalue weighted by Crippen LogP contribution is 2.42.